The molecule has 1 atom stereocenters. The molecule has 74 valence electrons. The van der Waals surface area contributed by atoms with Crippen LogP contribution < -0.4 is 17.0 Å². The largest absolute Gasteiger partial charge is 0.369 e. The Morgan fingerprint density at radius 2 is 2.15 bits per heavy atom. The van der Waals surface area contributed by atoms with Gasteiger partial charge in [-0.05, 0) is 19.3 Å². The fourth-order valence-electron chi connectivity index (χ4n) is 1.88. The van der Waals surface area contributed by atoms with Crippen LogP contribution in [-0.4, -0.2) is 36.0 Å². The number of hydrogen-bond acceptors (Lipinski definition) is 3. The molecule has 0 radical (unpaired) electrons. The van der Waals surface area contributed by atoms with Gasteiger partial charge in [0, 0.05) is 19.1 Å². The molecule has 1 unspecified atom stereocenters. The van der Waals surface area contributed by atoms with Crippen LogP contribution in [0.15, 0.2) is 4.99 Å². The molecule has 1 saturated carbocycles. The lowest BCUT2D eigenvalue weighted by Crippen LogP contribution is -2.38. The van der Waals surface area contributed by atoms with Crippen LogP contribution in [0.2, 0.25) is 0 Å². The van der Waals surface area contributed by atoms with Crippen LogP contribution in [0.5, 0.6) is 0 Å². The second kappa shape index (κ2) is 3.51. The van der Waals surface area contributed by atoms with Gasteiger partial charge in [0.25, 0.3) is 0 Å². The predicted molar refractivity (Wildman–Crippen MR) is 51.9 cm³/mol. The van der Waals surface area contributed by atoms with Crippen molar-refractivity contribution in [1.82, 2.24) is 10.3 Å². The minimum atomic E-state index is 0.344. The summed E-state index contributed by atoms with van der Waals surface area (Å²) in [5.41, 5.74) is 7.85. The van der Waals surface area contributed by atoms with Gasteiger partial charge in [0.05, 0.1) is 6.04 Å². The maximum Gasteiger partial charge on any atom is 0.203 e. The molecule has 13 heavy (non-hydrogen) atoms. The number of guanidine groups is 1. The van der Waals surface area contributed by atoms with E-state index in [2.05, 4.69) is 15.3 Å². The van der Waals surface area contributed by atoms with Crippen molar-refractivity contribution in [2.45, 2.75) is 31.3 Å². The highest BCUT2D eigenvalue weighted by Crippen LogP contribution is 2.30. The standard InChI is InChI=1S/C8H17N5/c9-8(12-10)11-6-3-4-13(5-6)7-1-2-7/h6-7H,1-5,10H2,(H3,9,11,12). The first kappa shape index (κ1) is 8.77. The number of rotatable bonds is 2. The van der Waals surface area contributed by atoms with E-state index in [4.69, 9.17) is 11.6 Å². The van der Waals surface area contributed by atoms with E-state index in [0.29, 0.717) is 12.0 Å². The van der Waals surface area contributed by atoms with Crippen LogP contribution in [0.4, 0.5) is 0 Å². The molecule has 0 bridgehead atoms. The number of nitrogens with zero attached hydrogens (tertiary/aromatic N) is 2. The monoisotopic (exact) mass is 183 g/mol. The van der Waals surface area contributed by atoms with Crippen molar-refractivity contribution in [2.75, 3.05) is 13.1 Å². The van der Waals surface area contributed by atoms with Gasteiger partial charge >= 0.3 is 0 Å². The Morgan fingerprint density at radius 3 is 2.77 bits per heavy atom. The molecule has 0 aromatic heterocycles. The molecule has 0 amide bonds. The molecule has 1 aliphatic carbocycles. The van der Waals surface area contributed by atoms with Crippen LogP contribution in [0.1, 0.15) is 19.3 Å². The lowest BCUT2D eigenvalue weighted by Gasteiger charge is -2.12. The lowest BCUT2D eigenvalue weighted by atomic mass is 10.3. The summed E-state index contributed by atoms with van der Waals surface area (Å²) in [4.78, 5) is 6.77. The zero-order valence-electron chi connectivity index (χ0n) is 7.74. The van der Waals surface area contributed by atoms with E-state index in [1.807, 2.05) is 0 Å². The van der Waals surface area contributed by atoms with Crippen molar-refractivity contribution in [2.24, 2.45) is 16.6 Å². The summed E-state index contributed by atoms with van der Waals surface area (Å²) >= 11 is 0. The molecule has 1 saturated heterocycles. The Balaban J connectivity index is 1.83. The molecule has 1 heterocycles. The molecular formula is C8H17N5. The van der Waals surface area contributed by atoms with Crippen molar-refractivity contribution >= 4 is 5.96 Å². The number of aliphatic imine (C=N–C) groups is 1. The van der Waals surface area contributed by atoms with Gasteiger partial charge in [-0.25, -0.2) is 10.8 Å². The van der Waals surface area contributed by atoms with Crippen LogP contribution in [0, 0.1) is 0 Å². The Kier molecular flexibility index (Phi) is 2.37. The first-order chi connectivity index (χ1) is 6.29. The van der Waals surface area contributed by atoms with Crippen molar-refractivity contribution in [1.29, 1.82) is 0 Å². The SMILES string of the molecule is NNC(N)=NC1CCN(C2CC2)C1. The second-order valence-electron chi connectivity index (χ2n) is 3.83. The average Bonchev–Trinajstić information content (AvgIpc) is 2.88. The molecule has 5 heteroatoms. The average molecular weight is 183 g/mol. The van der Waals surface area contributed by atoms with Crippen LogP contribution in [0.3, 0.4) is 0 Å². The molecule has 0 aromatic rings. The van der Waals surface area contributed by atoms with E-state index in [1.165, 1.54) is 12.8 Å². The fraction of sp³-hybridized carbons (Fsp3) is 0.875. The van der Waals surface area contributed by atoms with E-state index < -0.39 is 0 Å². The van der Waals surface area contributed by atoms with Crippen molar-refractivity contribution in [3.05, 3.63) is 0 Å². The number of nitrogens with two attached hydrogens (primary N) is 2. The number of hydrogen-bond donors (Lipinski definition) is 3. The van der Waals surface area contributed by atoms with Gasteiger partial charge in [0.15, 0.2) is 0 Å². The number of likely N-dealkylation sites (tertiary alicyclic amines) is 1. The third-order valence-corrected chi connectivity index (χ3v) is 2.73. The molecule has 0 spiro atoms. The highest BCUT2D eigenvalue weighted by molar-refractivity contribution is 5.77. The van der Waals surface area contributed by atoms with Crippen molar-refractivity contribution < 1.29 is 0 Å². The van der Waals surface area contributed by atoms with Gasteiger partial charge in [-0.15, -0.1) is 0 Å². The minimum absolute atomic E-state index is 0.344. The van der Waals surface area contributed by atoms with E-state index >= 15 is 0 Å². The highest BCUT2D eigenvalue weighted by atomic mass is 15.3. The van der Waals surface area contributed by atoms with Gasteiger partial charge < -0.3 is 5.73 Å². The maximum absolute atomic E-state index is 5.49. The third kappa shape index (κ3) is 2.10. The smallest absolute Gasteiger partial charge is 0.203 e. The third-order valence-electron chi connectivity index (χ3n) is 2.73. The van der Waals surface area contributed by atoms with Crippen LogP contribution in [0.25, 0.3) is 0 Å². The van der Waals surface area contributed by atoms with E-state index in [9.17, 15) is 0 Å². The molecule has 2 fully saturated rings. The summed E-state index contributed by atoms with van der Waals surface area (Å²) in [6, 6.07) is 1.18. The van der Waals surface area contributed by atoms with Crippen LogP contribution >= 0.6 is 0 Å². The first-order valence-electron chi connectivity index (χ1n) is 4.83. The zero-order chi connectivity index (χ0) is 9.26. The highest BCUT2D eigenvalue weighted by Gasteiger charge is 2.34. The topological polar surface area (TPSA) is 79.7 Å². The van der Waals surface area contributed by atoms with Crippen molar-refractivity contribution in [3.63, 3.8) is 0 Å². The van der Waals surface area contributed by atoms with Crippen molar-refractivity contribution in [3.8, 4) is 0 Å². The predicted octanol–water partition coefficient (Wildman–Crippen LogP) is -0.999. The van der Waals surface area contributed by atoms with E-state index in [1.54, 1.807) is 0 Å². The van der Waals surface area contributed by atoms with Gasteiger partial charge in [-0.1, -0.05) is 0 Å². The summed E-state index contributed by atoms with van der Waals surface area (Å²) in [5, 5.41) is 0. The number of hydrazine groups is 1. The summed E-state index contributed by atoms with van der Waals surface area (Å²) in [7, 11) is 0. The van der Waals surface area contributed by atoms with Gasteiger partial charge in [0.2, 0.25) is 5.96 Å². The normalized spacial score (nSPS) is 30.8. The Bertz CT molecular complexity index is 211. The summed E-state index contributed by atoms with van der Waals surface area (Å²) < 4.78 is 0. The second-order valence-corrected chi connectivity index (χ2v) is 3.83. The Hall–Kier alpha value is -0.810. The molecule has 2 aliphatic rings. The quantitative estimate of drug-likeness (QED) is 0.222. The van der Waals surface area contributed by atoms with E-state index in [0.717, 1.165) is 25.6 Å². The molecule has 1 aliphatic heterocycles. The van der Waals surface area contributed by atoms with Gasteiger partial charge in [-0.3, -0.25) is 10.3 Å². The first-order valence-corrected chi connectivity index (χ1v) is 4.83. The number of nitrogens with one attached hydrogen (secondary N) is 1. The molecule has 5 nitrogen and oxygen atoms in total. The molecular weight excluding hydrogens is 166 g/mol. The summed E-state index contributed by atoms with van der Waals surface area (Å²) in [6.45, 7) is 2.21. The zero-order valence-corrected chi connectivity index (χ0v) is 7.74. The fourth-order valence-corrected chi connectivity index (χ4v) is 1.88. The summed E-state index contributed by atoms with van der Waals surface area (Å²) in [6.07, 6.45) is 3.83. The van der Waals surface area contributed by atoms with Gasteiger partial charge in [-0.2, -0.15) is 0 Å². The summed E-state index contributed by atoms with van der Waals surface area (Å²) in [5.74, 6) is 5.49. The minimum Gasteiger partial charge on any atom is -0.369 e. The Labute approximate surface area is 78.1 Å². The van der Waals surface area contributed by atoms with Crippen LogP contribution in [-0.2, 0) is 0 Å². The molecule has 5 N–H and O–H groups in total. The maximum atomic E-state index is 5.49. The molecule has 2 rings (SSSR count). The lowest BCUT2D eigenvalue weighted by molar-refractivity contribution is 0.324. The van der Waals surface area contributed by atoms with Gasteiger partial charge in [0.1, 0.15) is 0 Å². The Morgan fingerprint density at radius 1 is 1.38 bits per heavy atom. The molecule has 0 aromatic carbocycles. The van der Waals surface area contributed by atoms with E-state index in [-0.39, 0.29) is 0 Å².